The maximum absolute atomic E-state index is 11.7. The van der Waals surface area contributed by atoms with Crippen molar-refractivity contribution in [1.29, 1.82) is 0 Å². The minimum Gasteiger partial charge on any atom is -0.465 e. The van der Waals surface area contributed by atoms with Crippen LogP contribution < -0.4 is 5.32 Å². The third-order valence-electron chi connectivity index (χ3n) is 3.43. The Morgan fingerprint density at radius 1 is 1.50 bits per heavy atom. The lowest BCUT2D eigenvalue weighted by atomic mass is 10.0. The van der Waals surface area contributed by atoms with Crippen molar-refractivity contribution >= 4 is 17.7 Å². The monoisotopic (exact) mass is 273 g/mol. The van der Waals surface area contributed by atoms with Gasteiger partial charge in [-0.3, -0.25) is 4.79 Å². The second kappa shape index (κ2) is 9.68. The van der Waals surface area contributed by atoms with Crippen molar-refractivity contribution in [2.24, 2.45) is 5.92 Å². The number of nitrogens with one attached hydrogen (secondary N) is 1. The van der Waals surface area contributed by atoms with Gasteiger partial charge in [0.25, 0.3) is 0 Å². The molecule has 0 aromatic heterocycles. The number of carbonyl (C=O) groups is 1. The molecule has 2 unspecified atom stereocenters. The molecule has 4 heteroatoms. The van der Waals surface area contributed by atoms with Gasteiger partial charge in [0.15, 0.2) is 0 Å². The Morgan fingerprint density at radius 3 is 2.94 bits per heavy atom. The average molecular weight is 273 g/mol. The van der Waals surface area contributed by atoms with E-state index in [2.05, 4.69) is 19.2 Å². The zero-order valence-electron chi connectivity index (χ0n) is 11.7. The van der Waals surface area contributed by atoms with Crippen molar-refractivity contribution in [3.63, 3.8) is 0 Å². The number of hydrogen-bond acceptors (Lipinski definition) is 4. The molecule has 2 atom stereocenters. The number of hydrogen-bond donors (Lipinski definition) is 1. The molecule has 0 bridgehead atoms. The van der Waals surface area contributed by atoms with Crippen LogP contribution in [0.4, 0.5) is 0 Å². The molecule has 0 aromatic rings. The molecule has 1 aliphatic heterocycles. The predicted octanol–water partition coefficient (Wildman–Crippen LogP) is 2.84. The minimum absolute atomic E-state index is 0.0371. The van der Waals surface area contributed by atoms with E-state index in [0.29, 0.717) is 25.0 Å². The van der Waals surface area contributed by atoms with Crippen LogP contribution in [0.1, 0.15) is 46.0 Å². The molecule has 0 spiro atoms. The molecule has 1 heterocycles. The van der Waals surface area contributed by atoms with Crippen molar-refractivity contribution < 1.29 is 9.53 Å². The zero-order chi connectivity index (χ0) is 13.2. The third kappa shape index (κ3) is 6.64. The van der Waals surface area contributed by atoms with E-state index >= 15 is 0 Å². The van der Waals surface area contributed by atoms with Gasteiger partial charge in [-0.2, -0.15) is 11.8 Å². The first-order valence-corrected chi connectivity index (χ1v) is 8.38. The van der Waals surface area contributed by atoms with E-state index in [9.17, 15) is 4.79 Å². The molecule has 1 saturated heterocycles. The Kier molecular flexibility index (Phi) is 8.51. The molecule has 1 rings (SSSR count). The molecule has 3 nitrogen and oxygen atoms in total. The van der Waals surface area contributed by atoms with Gasteiger partial charge in [0.05, 0.1) is 13.0 Å². The van der Waals surface area contributed by atoms with Crippen LogP contribution in [-0.2, 0) is 9.53 Å². The first-order chi connectivity index (χ1) is 8.76. The van der Waals surface area contributed by atoms with Gasteiger partial charge in [0.2, 0.25) is 0 Å². The van der Waals surface area contributed by atoms with E-state index in [0.717, 1.165) is 24.5 Å². The smallest absolute Gasteiger partial charge is 0.307 e. The molecular formula is C14H27NO2S. The third-order valence-corrected chi connectivity index (χ3v) is 4.57. The van der Waals surface area contributed by atoms with Crippen LogP contribution in [-0.4, -0.2) is 36.7 Å². The Hall–Kier alpha value is -0.220. The number of ether oxygens (including phenoxy) is 1. The summed E-state index contributed by atoms with van der Waals surface area (Å²) in [5.74, 6) is 2.69. The molecule has 18 heavy (non-hydrogen) atoms. The summed E-state index contributed by atoms with van der Waals surface area (Å²) in [6.07, 6.45) is 5.25. The van der Waals surface area contributed by atoms with E-state index in [1.54, 1.807) is 0 Å². The van der Waals surface area contributed by atoms with Gasteiger partial charge in [-0.15, -0.1) is 0 Å². The van der Waals surface area contributed by atoms with Crippen LogP contribution in [0.25, 0.3) is 0 Å². The molecule has 0 radical (unpaired) electrons. The molecule has 106 valence electrons. The van der Waals surface area contributed by atoms with Gasteiger partial charge >= 0.3 is 5.97 Å². The van der Waals surface area contributed by atoms with Gasteiger partial charge < -0.3 is 10.1 Å². The van der Waals surface area contributed by atoms with Gasteiger partial charge in [-0.05, 0) is 12.3 Å². The summed E-state index contributed by atoms with van der Waals surface area (Å²) < 4.78 is 5.41. The summed E-state index contributed by atoms with van der Waals surface area (Å²) in [5.41, 5.74) is 0. The largest absolute Gasteiger partial charge is 0.465 e. The van der Waals surface area contributed by atoms with Crippen LogP contribution in [0.5, 0.6) is 0 Å². The second-order valence-electron chi connectivity index (χ2n) is 5.03. The molecule has 0 amide bonds. The predicted molar refractivity (Wildman–Crippen MR) is 78.0 cm³/mol. The van der Waals surface area contributed by atoms with E-state index in [1.807, 2.05) is 11.8 Å². The van der Waals surface area contributed by atoms with Gasteiger partial charge in [0.1, 0.15) is 0 Å². The summed E-state index contributed by atoms with van der Waals surface area (Å²) >= 11 is 1.91. The summed E-state index contributed by atoms with van der Waals surface area (Å²) in [7, 11) is 0. The molecule has 0 aliphatic carbocycles. The summed E-state index contributed by atoms with van der Waals surface area (Å²) in [6.45, 7) is 5.99. The fourth-order valence-corrected chi connectivity index (χ4v) is 3.07. The lowest BCUT2D eigenvalue weighted by molar-refractivity contribution is -0.145. The Balaban J connectivity index is 2.14. The molecule has 0 saturated carbocycles. The highest BCUT2D eigenvalue weighted by Crippen LogP contribution is 2.14. The van der Waals surface area contributed by atoms with Crippen LogP contribution in [0, 0.1) is 5.92 Å². The van der Waals surface area contributed by atoms with Crippen LogP contribution >= 0.6 is 11.8 Å². The van der Waals surface area contributed by atoms with E-state index in [-0.39, 0.29) is 5.97 Å². The maximum atomic E-state index is 11.7. The highest BCUT2D eigenvalue weighted by molar-refractivity contribution is 7.99. The Labute approximate surface area is 115 Å². The van der Waals surface area contributed by atoms with Crippen molar-refractivity contribution in [2.45, 2.75) is 52.0 Å². The van der Waals surface area contributed by atoms with Crippen molar-refractivity contribution in [1.82, 2.24) is 5.32 Å². The lowest BCUT2D eigenvalue weighted by Crippen LogP contribution is -2.39. The van der Waals surface area contributed by atoms with Crippen molar-refractivity contribution in [3.05, 3.63) is 0 Å². The Bertz CT molecular complexity index is 230. The van der Waals surface area contributed by atoms with Gasteiger partial charge in [-0.25, -0.2) is 0 Å². The molecule has 1 fully saturated rings. The maximum Gasteiger partial charge on any atom is 0.307 e. The SMILES string of the molecule is CCCCC(CC)COC(=O)CC1CSCCN1. The molecule has 0 aromatic carbocycles. The zero-order valence-corrected chi connectivity index (χ0v) is 12.6. The fraction of sp³-hybridized carbons (Fsp3) is 0.929. The molecule has 1 aliphatic rings. The first-order valence-electron chi connectivity index (χ1n) is 7.23. The summed E-state index contributed by atoms with van der Waals surface area (Å²) in [6, 6.07) is 0.312. The average Bonchev–Trinajstić information content (AvgIpc) is 2.40. The lowest BCUT2D eigenvalue weighted by Gasteiger charge is -2.22. The van der Waals surface area contributed by atoms with Crippen molar-refractivity contribution in [3.8, 4) is 0 Å². The van der Waals surface area contributed by atoms with Crippen molar-refractivity contribution in [2.75, 3.05) is 24.7 Å². The second-order valence-corrected chi connectivity index (χ2v) is 6.18. The molecular weight excluding hydrogens is 246 g/mol. The Morgan fingerprint density at radius 2 is 2.33 bits per heavy atom. The van der Waals surface area contributed by atoms with E-state index in [4.69, 9.17) is 4.74 Å². The van der Waals surface area contributed by atoms with E-state index < -0.39 is 0 Å². The normalized spacial score (nSPS) is 21.6. The first kappa shape index (κ1) is 15.8. The number of carbonyl (C=O) groups excluding carboxylic acids is 1. The highest BCUT2D eigenvalue weighted by atomic mass is 32.2. The topological polar surface area (TPSA) is 38.3 Å². The van der Waals surface area contributed by atoms with E-state index in [1.165, 1.54) is 19.3 Å². The minimum atomic E-state index is -0.0371. The number of esters is 1. The van der Waals surface area contributed by atoms with Gasteiger partial charge in [-0.1, -0.05) is 33.1 Å². The fourth-order valence-electron chi connectivity index (χ4n) is 2.12. The summed E-state index contributed by atoms with van der Waals surface area (Å²) in [5, 5.41) is 3.36. The van der Waals surface area contributed by atoms with Crippen LogP contribution in [0.15, 0.2) is 0 Å². The number of unbranched alkanes of at least 4 members (excludes halogenated alkanes) is 1. The quantitative estimate of drug-likeness (QED) is 0.690. The number of thioether (sulfide) groups is 1. The van der Waals surface area contributed by atoms with Crippen LogP contribution in [0.2, 0.25) is 0 Å². The highest BCUT2D eigenvalue weighted by Gasteiger charge is 2.18. The standard InChI is InChI=1S/C14H27NO2S/c1-3-5-6-12(4-2)10-17-14(16)9-13-11-18-8-7-15-13/h12-13,15H,3-11H2,1-2H3. The van der Waals surface area contributed by atoms with Crippen LogP contribution in [0.3, 0.4) is 0 Å². The van der Waals surface area contributed by atoms with Gasteiger partial charge in [0, 0.05) is 24.1 Å². The number of rotatable bonds is 8. The molecule has 1 N–H and O–H groups in total. The summed E-state index contributed by atoms with van der Waals surface area (Å²) in [4.78, 5) is 11.7.